The number of alkyl halides is 3. The molecular formula is C13H15F3N2O. The molecule has 1 aromatic carbocycles. The van der Waals surface area contributed by atoms with Gasteiger partial charge in [0.05, 0.1) is 5.69 Å². The van der Waals surface area contributed by atoms with Gasteiger partial charge in [0.1, 0.15) is 0 Å². The first-order valence-electron chi connectivity index (χ1n) is 5.97. The topological polar surface area (TPSA) is 35.8 Å². The lowest BCUT2D eigenvalue weighted by Gasteiger charge is -2.34. The summed E-state index contributed by atoms with van der Waals surface area (Å²) in [4.78, 5) is 0. The van der Waals surface area contributed by atoms with Crippen LogP contribution in [0.2, 0.25) is 0 Å². The van der Waals surface area contributed by atoms with Gasteiger partial charge in [0.25, 0.3) is 5.72 Å². The predicted octanol–water partition coefficient (Wildman–Crippen LogP) is 3.16. The third kappa shape index (κ3) is 2.32. The zero-order chi connectivity index (χ0) is 14.3. The second-order valence-electron chi connectivity index (χ2n) is 4.88. The highest BCUT2D eigenvalue weighted by atomic mass is 19.4. The summed E-state index contributed by atoms with van der Waals surface area (Å²) in [6, 6.07) is 7.89. The van der Waals surface area contributed by atoms with Gasteiger partial charge < -0.3 is 5.11 Å². The van der Waals surface area contributed by atoms with E-state index in [1.807, 2.05) is 0 Å². The van der Waals surface area contributed by atoms with Gasteiger partial charge in [-0.15, -0.1) is 0 Å². The van der Waals surface area contributed by atoms with Crippen molar-refractivity contribution < 1.29 is 18.3 Å². The predicted molar refractivity (Wildman–Crippen MR) is 66.8 cm³/mol. The molecule has 1 aliphatic heterocycles. The van der Waals surface area contributed by atoms with Crippen LogP contribution < -0.4 is 5.01 Å². The Morgan fingerprint density at radius 1 is 1.26 bits per heavy atom. The van der Waals surface area contributed by atoms with E-state index in [2.05, 4.69) is 5.10 Å². The van der Waals surface area contributed by atoms with Gasteiger partial charge in [0.2, 0.25) is 0 Å². The van der Waals surface area contributed by atoms with E-state index in [0.29, 0.717) is 10.7 Å². The van der Waals surface area contributed by atoms with E-state index < -0.39 is 18.3 Å². The Hall–Kier alpha value is -1.56. The normalized spacial score (nSPS) is 23.9. The Balaban J connectivity index is 2.46. The maximum absolute atomic E-state index is 13.2. The lowest BCUT2D eigenvalue weighted by atomic mass is 9.99. The summed E-state index contributed by atoms with van der Waals surface area (Å²) < 4.78 is 39.5. The molecule has 1 unspecified atom stereocenters. The van der Waals surface area contributed by atoms with E-state index in [9.17, 15) is 18.3 Å². The van der Waals surface area contributed by atoms with E-state index >= 15 is 0 Å². The number of hydrogen-bond acceptors (Lipinski definition) is 3. The fourth-order valence-corrected chi connectivity index (χ4v) is 1.95. The first kappa shape index (κ1) is 13.9. The second kappa shape index (κ2) is 4.52. The Bertz CT molecular complexity index is 484. The van der Waals surface area contributed by atoms with Crippen LogP contribution in [0.1, 0.15) is 20.3 Å². The summed E-state index contributed by atoms with van der Waals surface area (Å²) in [6.45, 7) is 3.51. The zero-order valence-corrected chi connectivity index (χ0v) is 10.6. The van der Waals surface area contributed by atoms with Gasteiger partial charge in [0.15, 0.2) is 0 Å². The van der Waals surface area contributed by atoms with Gasteiger partial charge >= 0.3 is 6.18 Å². The van der Waals surface area contributed by atoms with E-state index in [0.717, 1.165) is 0 Å². The van der Waals surface area contributed by atoms with Crippen molar-refractivity contribution in [1.82, 2.24) is 0 Å². The lowest BCUT2D eigenvalue weighted by Crippen LogP contribution is -2.55. The molecule has 6 heteroatoms. The van der Waals surface area contributed by atoms with Gasteiger partial charge in [-0.05, 0) is 18.1 Å². The lowest BCUT2D eigenvalue weighted by molar-refractivity contribution is -0.254. The molecule has 1 N–H and O–H groups in total. The Morgan fingerprint density at radius 3 is 2.32 bits per heavy atom. The maximum Gasteiger partial charge on any atom is 0.438 e. The molecule has 0 spiro atoms. The summed E-state index contributed by atoms with van der Waals surface area (Å²) in [7, 11) is 0. The number of para-hydroxylation sites is 1. The molecule has 0 saturated heterocycles. The van der Waals surface area contributed by atoms with Gasteiger partial charge in [-0.1, -0.05) is 32.0 Å². The molecule has 2 rings (SSSR count). The quantitative estimate of drug-likeness (QED) is 0.897. The molecule has 0 bridgehead atoms. The molecule has 19 heavy (non-hydrogen) atoms. The zero-order valence-electron chi connectivity index (χ0n) is 10.6. The Morgan fingerprint density at radius 2 is 1.84 bits per heavy atom. The minimum atomic E-state index is -4.77. The monoisotopic (exact) mass is 272 g/mol. The average molecular weight is 272 g/mol. The van der Waals surface area contributed by atoms with Gasteiger partial charge in [-0.2, -0.15) is 18.3 Å². The van der Waals surface area contributed by atoms with Gasteiger partial charge in [0, 0.05) is 12.1 Å². The summed E-state index contributed by atoms with van der Waals surface area (Å²) in [5.41, 5.74) is -2.41. The van der Waals surface area contributed by atoms with Crippen LogP contribution in [0, 0.1) is 5.92 Å². The van der Waals surface area contributed by atoms with Crippen LogP contribution in [0.3, 0.4) is 0 Å². The Labute approximate surface area is 109 Å². The number of aliphatic hydroxyl groups is 1. The molecule has 0 radical (unpaired) electrons. The van der Waals surface area contributed by atoms with Crippen LogP contribution in [-0.4, -0.2) is 22.7 Å². The average Bonchev–Trinajstić information content (AvgIpc) is 2.69. The first-order valence-corrected chi connectivity index (χ1v) is 5.97. The molecule has 1 aliphatic rings. The standard InChI is InChI=1S/C13H15F3N2O/c1-9(2)11-8-12(19,13(14,15)16)18(17-11)10-6-4-3-5-7-10/h3-7,9,19H,8H2,1-2H3. The summed E-state index contributed by atoms with van der Waals surface area (Å²) in [5.74, 6) is -0.150. The fourth-order valence-electron chi connectivity index (χ4n) is 1.95. The first-order chi connectivity index (χ1) is 8.75. The molecule has 1 aromatic rings. The van der Waals surface area contributed by atoms with Crippen LogP contribution in [0.25, 0.3) is 0 Å². The number of hydrogen-bond donors (Lipinski definition) is 1. The highest BCUT2D eigenvalue weighted by molar-refractivity contribution is 5.91. The van der Waals surface area contributed by atoms with Crippen LogP contribution >= 0.6 is 0 Å². The number of anilines is 1. The second-order valence-corrected chi connectivity index (χ2v) is 4.88. The molecule has 0 amide bonds. The van der Waals surface area contributed by atoms with E-state index in [-0.39, 0.29) is 11.6 Å². The van der Waals surface area contributed by atoms with Crippen LogP contribution in [-0.2, 0) is 0 Å². The summed E-state index contributed by atoms with van der Waals surface area (Å²) >= 11 is 0. The SMILES string of the molecule is CC(C)C1=NN(c2ccccc2)C(O)(C(F)(F)F)C1. The highest BCUT2D eigenvalue weighted by Crippen LogP contribution is 2.43. The third-order valence-corrected chi connectivity index (χ3v) is 3.13. The number of benzene rings is 1. The van der Waals surface area contributed by atoms with E-state index in [4.69, 9.17) is 0 Å². The molecule has 0 aromatic heterocycles. The van der Waals surface area contributed by atoms with Crippen molar-refractivity contribution in [2.45, 2.75) is 32.2 Å². The van der Waals surface area contributed by atoms with Crippen molar-refractivity contribution >= 4 is 11.4 Å². The molecule has 1 atom stereocenters. The Kier molecular flexibility index (Phi) is 3.30. The van der Waals surface area contributed by atoms with Crippen LogP contribution in [0.4, 0.5) is 18.9 Å². The maximum atomic E-state index is 13.2. The van der Waals surface area contributed by atoms with Crippen LogP contribution in [0.5, 0.6) is 0 Å². The number of hydrazone groups is 1. The summed E-state index contributed by atoms with van der Waals surface area (Å²) in [6.07, 6.45) is -5.30. The minimum Gasteiger partial charge on any atom is -0.362 e. The fraction of sp³-hybridized carbons (Fsp3) is 0.462. The largest absolute Gasteiger partial charge is 0.438 e. The number of rotatable bonds is 2. The number of nitrogens with zero attached hydrogens (tertiary/aromatic N) is 2. The highest BCUT2D eigenvalue weighted by Gasteiger charge is 2.61. The molecule has 0 aliphatic carbocycles. The van der Waals surface area contributed by atoms with E-state index in [1.165, 1.54) is 12.1 Å². The van der Waals surface area contributed by atoms with Crippen molar-refractivity contribution in [3.63, 3.8) is 0 Å². The molecule has 0 fully saturated rings. The smallest absolute Gasteiger partial charge is 0.362 e. The van der Waals surface area contributed by atoms with Crippen molar-refractivity contribution in [3.05, 3.63) is 30.3 Å². The number of halogens is 3. The molecule has 3 nitrogen and oxygen atoms in total. The minimum absolute atomic E-state index is 0.150. The van der Waals surface area contributed by atoms with Crippen molar-refractivity contribution in [2.24, 2.45) is 11.0 Å². The van der Waals surface area contributed by atoms with Crippen LogP contribution in [0.15, 0.2) is 35.4 Å². The van der Waals surface area contributed by atoms with Crippen molar-refractivity contribution in [3.8, 4) is 0 Å². The third-order valence-electron chi connectivity index (χ3n) is 3.13. The molecule has 0 saturated carbocycles. The summed E-state index contributed by atoms with van der Waals surface area (Å²) in [5, 5.41) is 14.7. The molecular weight excluding hydrogens is 257 g/mol. The molecule has 1 heterocycles. The van der Waals surface area contributed by atoms with Gasteiger partial charge in [-0.25, -0.2) is 5.01 Å². The van der Waals surface area contributed by atoms with Crippen molar-refractivity contribution in [2.75, 3.05) is 5.01 Å². The van der Waals surface area contributed by atoms with Crippen molar-refractivity contribution in [1.29, 1.82) is 0 Å². The van der Waals surface area contributed by atoms with E-state index in [1.54, 1.807) is 32.0 Å². The molecule has 104 valence electrons. The van der Waals surface area contributed by atoms with Gasteiger partial charge in [-0.3, -0.25) is 0 Å².